The van der Waals surface area contributed by atoms with E-state index in [1.54, 1.807) is 29.9 Å². The van der Waals surface area contributed by atoms with Crippen LogP contribution in [0.4, 0.5) is 11.4 Å². The number of benzene rings is 1. The topological polar surface area (TPSA) is 91.8 Å². The van der Waals surface area contributed by atoms with E-state index >= 15 is 0 Å². The molecule has 7 heteroatoms. The highest BCUT2D eigenvalue weighted by Crippen LogP contribution is 2.24. The minimum absolute atomic E-state index is 0.0778. The Morgan fingerprint density at radius 2 is 2.12 bits per heavy atom. The first-order valence-corrected chi connectivity index (χ1v) is 8.64. The monoisotopic (exact) mass is 353 g/mol. The second-order valence-corrected chi connectivity index (χ2v) is 6.39. The molecule has 0 radical (unpaired) electrons. The number of imidazole rings is 1. The van der Waals surface area contributed by atoms with Gasteiger partial charge in [0, 0.05) is 24.3 Å². The molecule has 1 atom stereocenters. The predicted molar refractivity (Wildman–Crippen MR) is 103 cm³/mol. The standard InChI is InChI=1S/C19H23N5O2/c1-5-12(3)24-17-16(23-19(24)26)9-14(10-21-17)22-15-8-13(18(25)20-4)7-6-11(15)2/h6-10,12,22H,5H2,1-4H3,(H,20,25)(H,23,26). The molecule has 0 aliphatic carbocycles. The van der Waals surface area contributed by atoms with E-state index in [4.69, 9.17) is 0 Å². The largest absolute Gasteiger partial charge is 0.355 e. The number of carbonyl (C=O) groups excluding carboxylic acids is 1. The minimum Gasteiger partial charge on any atom is -0.355 e. The summed E-state index contributed by atoms with van der Waals surface area (Å²) in [5.41, 5.74) is 4.31. The summed E-state index contributed by atoms with van der Waals surface area (Å²) in [6, 6.07) is 7.40. The van der Waals surface area contributed by atoms with Gasteiger partial charge < -0.3 is 15.6 Å². The van der Waals surface area contributed by atoms with Crippen LogP contribution in [0.2, 0.25) is 0 Å². The third kappa shape index (κ3) is 3.20. The Balaban J connectivity index is 1.98. The lowest BCUT2D eigenvalue weighted by molar-refractivity contribution is 0.0963. The van der Waals surface area contributed by atoms with E-state index in [-0.39, 0.29) is 17.6 Å². The van der Waals surface area contributed by atoms with Crippen molar-refractivity contribution in [3.8, 4) is 0 Å². The Morgan fingerprint density at radius 1 is 1.35 bits per heavy atom. The van der Waals surface area contributed by atoms with E-state index in [2.05, 4.69) is 20.6 Å². The van der Waals surface area contributed by atoms with E-state index in [1.807, 2.05) is 32.9 Å². The number of fused-ring (bicyclic) bond motifs is 1. The van der Waals surface area contributed by atoms with Crippen LogP contribution in [0.1, 0.15) is 42.2 Å². The van der Waals surface area contributed by atoms with Crippen LogP contribution in [0.5, 0.6) is 0 Å². The predicted octanol–water partition coefficient (Wildman–Crippen LogP) is 3.11. The van der Waals surface area contributed by atoms with Crippen LogP contribution in [0.15, 0.2) is 35.3 Å². The first-order chi connectivity index (χ1) is 12.4. The molecule has 3 rings (SSSR count). The van der Waals surface area contributed by atoms with Gasteiger partial charge in [0.05, 0.1) is 17.4 Å². The zero-order valence-electron chi connectivity index (χ0n) is 15.4. The molecule has 3 N–H and O–H groups in total. The first kappa shape index (κ1) is 17.7. The van der Waals surface area contributed by atoms with Gasteiger partial charge in [-0.25, -0.2) is 9.78 Å². The third-order valence-electron chi connectivity index (χ3n) is 4.59. The molecule has 1 aromatic carbocycles. The van der Waals surface area contributed by atoms with Gasteiger partial charge in [0.2, 0.25) is 0 Å². The smallest absolute Gasteiger partial charge is 0.327 e. The zero-order chi connectivity index (χ0) is 18.8. The van der Waals surface area contributed by atoms with Crippen molar-refractivity contribution in [2.24, 2.45) is 0 Å². The fourth-order valence-corrected chi connectivity index (χ4v) is 2.87. The third-order valence-corrected chi connectivity index (χ3v) is 4.59. The van der Waals surface area contributed by atoms with Gasteiger partial charge in [-0.1, -0.05) is 13.0 Å². The fourth-order valence-electron chi connectivity index (χ4n) is 2.87. The molecular weight excluding hydrogens is 330 g/mol. The lowest BCUT2D eigenvalue weighted by atomic mass is 10.1. The number of H-pyrrole nitrogens is 1. The van der Waals surface area contributed by atoms with Crippen LogP contribution in [0.3, 0.4) is 0 Å². The number of aromatic nitrogens is 3. The number of aryl methyl sites for hydroxylation is 1. The van der Waals surface area contributed by atoms with Crippen molar-refractivity contribution in [2.45, 2.75) is 33.2 Å². The van der Waals surface area contributed by atoms with Gasteiger partial charge in [0.1, 0.15) is 0 Å². The number of amides is 1. The molecule has 0 aliphatic heterocycles. The van der Waals surface area contributed by atoms with Gasteiger partial charge in [0.15, 0.2) is 5.65 Å². The Labute approximate surface area is 151 Å². The number of hydrogen-bond acceptors (Lipinski definition) is 4. The average Bonchev–Trinajstić information content (AvgIpc) is 2.97. The maximum Gasteiger partial charge on any atom is 0.327 e. The quantitative estimate of drug-likeness (QED) is 0.657. The molecule has 136 valence electrons. The van der Waals surface area contributed by atoms with Crippen LogP contribution in [0.25, 0.3) is 11.2 Å². The number of anilines is 2. The molecule has 0 fully saturated rings. The lowest BCUT2D eigenvalue weighted by Crippen LogP contribution is -2.20. The second-order valence-electron chi connectivity index (χ2n) is 6.39. The normalized spacial score (nSPS) is 12.2. The fraction of sp³-hybridized carbons (Fsp3) is 0.316. The number of nitrogens with zero attached hydrogens (tertiary/aromatic N) is 2. The van der Waals surface area contributed by atoms with Crippen LogP contribution in [-0.2, 0) is 0 Å². The Kier molecular flexibility index (Phi) is 4.79. The summed E-state index contributed by atoms with van der Waals surface area (Å²) in [6.45, 7) is 5.99. The molecule has 0 saturated carbocycles. The molecule has 0 aliphatic rings. The van der Waals surface area contributed by atoms with Crippen molar-refractivity contribution < 1.29 is 4.79 Å². The van der Waals surface area contributed by atoms with E-state index < -0.39 is 0 Å². The number of nitrogens with one attached hydrogen (secondary N) is 3. The second kappa shape index (κ2) is 7.03. The van der Waals surface area contributed by atoms with Gasteiger partial charge in [-0.05, 0) is 44.0 Å². The zero-order valence-corrected chi connectivity index (χ0v) is 15.4. The molecular formula is C19H23N5O2. The minimum atomic E-state index is -0.156. The summed E-state index contributed by atoms with van der Waals surface area (Å²) >= 11 is 0. The summed E-state index contributed by atoms with van der Waals surface area (Å²) < 4.78 is 1.68. The van der Waals surface area contributed by atoms with Gasteiger partial charge in [-0.3, -0.25) is 9.36 Å². The van der Waals surface area contributed by atoms with Crippen LogP contribution >= 0.6 is 0 Å². The summed E-state index contributed by atoms with van der Waals surface area (Å²) in [5, 5.41) is 5.90. The SMILES string of the molecule is CCC(C)n1c(=O)[nH]c2cc(Nc3cc(C(=O)NC)ccc3C)cnc21. The number of carbonyl (C=O) groups is 1. The molecule has 1 unspecified atom stereocenters. The van der Waals surface area contributed by atoms with Crippen molar-refractivity contribution in [1.82, 2.24) is 19.9 Å². The average molecular weight is 353 g/mol. The highest BCUT2D eigenvalue weighted by Gasteiger charge is 2.14. The first-order valence-electron chi connectivity index (χ1n) is 8.64. The lowest BCUT2D eigenvalue weighted by Gasteiger charge is -2.12. The maximum atomic E-state index is 12.2. The van der Waals surface area contributed by atoms with Crippen molar-refractivity contribution in [1.29, 1.82) is 0 Å². The highest BCUT2D eigenvalue weighted by atomic mass is 16.2. The molecule has 0 bridgehead atoms. The summed E-state index contributed by atoms with van der Waals surface area (Å²) in [4.78, 5) is 31.4. The number of aromatic amines is 1. The van der Waals surface area contributed by atoms with Gasteiger partial charge >= 0.3 is 5.69 Å². The Bertz CT molecular complexity index is 1020. The van der Waals surface area contributed by atoms with Crippen molar-refractivity contribution in [3.63, 3.8) is 0 Å². The van der Waals surface area contributed by atoms with E-state index in [0.717, 1.165) is 23.4 Å². The van der Waals surface area contributed by atoms with Gasteiger partial charge in [-0.15, -0.1) is 0 Å². The molecule has 26 heavy (non-hydrogen) atoms. The summed E-state index contributed by atoms with van der Waals surface area (Å²) in [7, 11) is 1.60. The molecule has 7 nitrogen and oxygen atoms in total. The highest BCUT2D eigenvalue weighted by molar-refractivity contribution is 5.95. The maximum absolute atomic E-state index is 12.2. The van der Waals surface area contributed by atoms with E-state index in [0.29, 0.717) is 16.7 Å². The van der Waals surface area contributed by atoms with E-state index in [1.165, 1.54) is 0 Å². The van der Waals surface area contributed by atoms with E-state index in [9.17, 15) is 9.59 Å². The van der Waals surface area contributed by atoms with Crippen molar-refractivity contribution in [3.05, 3.63) is 52.1 Å². The molecule has 2 aromatic heterocycles. The van der Waals surface area contributed by atoms with Gasteiger partial charge in [0.25, 0.3) is 5.91 Å². The summed E-state index contributed by atoms with van der Waals surface area (Å²) in [5.74, 6) is -0.142. The number of pyridine rings is 1. The molecule has 3 aromatic rings. The molecule has 2 heterocycles. The Morgan fingerprint density at radius 3 is 2.81 bits per heavy atom. The van der Waals surface area contributed by atoms with Crippen LogP contribution < -0.4 is 16.3 Å². The molecule has 0 spiro atoms. The molecule has 1 amide bonds. The van der Waals surface area contributed by atoms with Crippen molar-refractivity contribution >= 4 is 28.4 Å². The Hall–Kier alpha value is -3.09. The van der Waals surface area contributed by atoms with Crippen LogP contribution in [0, 0.1) is 6.92 Å². The molecule has 0 saturated heterocycles. The van der Waals surface area contributed by atoms with Crippen LogP contribution in [-0.4, -0.2) is 27.5 Å². The van der Waals surface area contributed by atoms with Gasteiger partial charge in [-0.2, -0.15) is 0 Å². The number of hydrogen-bond donors (Lipinski definition) is 3. The van der Waals surface area contributed by atoms with Crippen molar-refractivity contribution in [2.75, 3.05) is 12.4 Å². The summed E-state index contributed by atoms with van der Waals surface area (Å²) in [6.07, 6.45) is 2.54. The number of rotatable bonds is 5.